The van der Waals surface area contributed by atoms with Crippen LogP contribution in [0.1, 0.15) is 36.0 Å². The lowest BCUT2D eigenvalue weighted by Gasteiger charge is -2.25. The van der Waals surface area contributed by atoms with Crippen LogP contribution in [0.25, 0.3) is 0 Å². The van der Waals surface area contributed by atoms with E-state index < -0.39 is 0 Å². The van der Waals surface area contributed by atoms with Crippen LogP contribution < -0.4 is 0 Å². The second-order valence-electron chi connectivity index (χ2n) is 5.08. The molecule has 0 amide bonds. The number of fused-ring (bicyclic) bond motifs is 1. The van der Waals surface area contributed by atoms with E-state index in [0.717, 1.165) is 24.2 Å². The summed E-state index contributed by atoms with van der Waals surface area (Å²) in [4.78, 5) is 25.0. The van der Waals surface area contributed by atoms with Crippen molar-refractivity contribution < 1.29 is 14.3 Å². The zero-order chi connectivity index (χ0) is 13.9. The summed E-state index contributed by atoms with van der Waals surface area (Å²) in [6.07, 6.45) is 7.39. The number of carbonyl (C=O) groups is 2. The molecular weight excluding hydrogens is 272 g/mol. The molecule has 0 aromatic heterocycles. The highest BCUT2D eigenvalue weighted by atomic mass is 32.2. The van der Waals surface area contributed by atoms with E-state index in [9.17, 15) is 9.59 Å². The molecule has 0 saturated carbocycles. The van der Waals surface area contributed by atoms with Crippen molar-refractivity contribution in [3.05, 3.63) is 42.0 Å². The third kappa shape index (κ3) is 2.80. The van der Waals surface area contributed by atoms with E-state index in [-0.39, 0.29) is 23.1 Å². The number of ether oxygens (including phenoxy) is 1. The average molecular weight is 288 g/mol. The topological polar surface area (TPSA) is 43.4 Å². The Morgan fingerprint density at radius 1 is 1.35 bits per heavy atom. The van der Waals surface area contributed by atoms with Gasteiger partial charge in [0, 0.05) is 10.8 Å². The molecule has 2 aliphatic rings. The van der Waals surface area contributed by atoms with E-state index in [2.05, 4.69) is 6.08 Å². The van der Waals surface area contributed by atoms with Gasteiger partial charge in [-0.3, -0.25) is 4.79 Å². The van der Waals surface area contributed by atoms with Gasteiger partial charge in [0.25, 0.3) is 0 Å². The Morgan fingerprint density at radius 2 is 2.20 bits per heavy atom. The molecule has 1 aromatic carbocycles. The summed E-state index contributed by atoms with van der Waals surface area (Å²) in [7, 11) is 0. The Bertz CT molecular complexity index is 565. The number of cyclic esters (lactones) is 1. The average Bonchev–Trinajstić information content (AvgIpc) is 2.48. The number of carbonyl (C=O) groups excluding carboxylic acids is 2. The molecule has 0 N–H and O–H groups in total. The van der Waals surface area contributed by atoms with Crippen LogP contribution in [0, 0.1) is 5.92 Å². The molecular formula is C16H16O3S. The molecule has 1 aliphatic heterocycles. The summed E-state index contributed by atoms with van der Waals surface area (Å²) in [5.41, 5.74) is 0.207. The molecule has 20 heavy (non-hydrogen) atoms. The van der Waals surface area contributed by atoms with Crippen molar-refractivity contribution in [3.63, 3.8) is 0 Å². The first-order valence-corrected chi connectivity index (χ1v) is 7.78. The number of hydrogen-bond donors (Lipinski definition) is 0. The zero-order valence-electron chi connectivity index (χ0n) is 11.1. The van der Waals surface area contributed by atoms with E-state index >= 15 is 0 Å². The molecule has 4 heteroatoms. The van der Waals surface area contributed by atoms with Crippen molar-refractivity contribution >= 4 is 23.5 Å². The maximum Gasteiger partial charge on any atom is 0.340 e. The summed E-state index contributed by atoms with van der Waals surface area (Å²) in [5, 5.41) is 0. The van der Waals surface area contributed by atoms with Crippen molar-refractivity contribution in [2.75, 3.05) is 0 Å². The smallest absolute Gasteiger partial charge is 0.340 e. The van der Waals surface area contributed by atoms with Crippen LogP contribution in [0.5, 0.6) is 0 Å². The van der Waals surface area contributed by atoms with Crippen LogP contribution in [0.4, 0.5) is 0 Å². The van der Waals surface area contributed by atoms with Gasteiger partial charge < -0.3 is 4.74 Å². The lowest BCUT2D eigenvalue weighted by atomic mass is 9.91. The van der Waals surface area contributed by atoms with Gasteiger partial charge in [0.05, 0.1) is 12.0 Å². The number of esters is 1. The standard InChI is InChI=1S/C16H16O3S/c17-13(11-6-2-1-3-7-11)10-15-19-16(18)12-8-4-5-9-14(12)20-15/h2,4-6,8-9,11,15H,1,3,7,10H2. The van der Waals surface area contributed by atoms with Crippen LogP contribution >= 0.6 is 11.8 Å². The van der Waals surface area contributed by atoms with Gasteiger partial charge in [-0.25, -0.2) is 4.79 Å². The number of thioether (sulfide) groups is 1. The largest absolute Gasteiger partial charge is 0.447 e. The highest BCUT2D eigenvalue weighted by Crippen LogP contribution is 2.36. The van der Waals surface area contributed by atoms with Gasteiger partial charge >= 0.3 is 5.97 Å². The summed E-state index contributed by atoms with van der Waals surface area (Å²) >= 11 is 1.47. The molecule has 0 bridgehead atoms. The van der Waals surface area contributed by atoms with Crippen molar-refractivity contribution in [1.82, 2.24) is 0 Å². The molecule has 3 nitrogen and oxygen atoms in total. The van der Waals surface area contributed by atoms with Crippen molar-refractivity contribution in [2.45, 2.75) is 36.0 Å². The van der Waals surface area contributed by atoms with E-state index in [0.29, 0.717) is 12.0 Å². The number of ketones is 1. The Labute approximate surface area is 122 Å². The second-order valence-corrected chi connectivity index (χ2v) is 6.29. The summed E-state index contributed by atoms with van der Waals surface area (Å²) in [5.74, 6) is -0.151. The van der Waals surface area contributed by atoms with Gasteiger partial charge in [-0.1, -0.05) is 36.0 Å². The van der Waals surface area contributed by atoms with Crippen LogP contribution in [-0.2, 0) is 9.53 Å². The minimum absolute atomic E-state index is 0.000206. The number of allylic oxidation sites excluding steroid dienone is 2. The molecule has 2 atom stereocenters. The SMILES string of the molecule is O=C1OC(CC(=O)C2C=CCCC2)Sc2ccccc21. The summed E-state index contributed by atoms with van der Waals surface area (Å²) < 4.78 is 5.35. The first-order chi connectivity index (χ1) is 9.74. The normalized spacial score (nSPS) is 24.9. The third-order valence-corrected chi connectivity index (χ3v) is 4.78. The molecule has 0 radical (unpaired) electrons. The minimum atomic E-state index is -0.389. The van der Waals surface area contributed by atoms with E-state index in [1.165, 1.54) is 11.8 Å². The quantitative estimate of drug-likeness (QED) is 0.629. The third-order valence-electron chi connectivity index (χ3n) is 3.64. The first-order valence-electron chi connectivity index (χ1n) is 6.90. The Hall–Kier alpha value is -1.55. The molecule has 2 unspecified atom stereocenters. The molecule has 1 heterocycles. The van der Waals surface area contributed by atoms with Crippen molar-refractivity contribution in [1.29, 1.82) is 0 Å². The Balaban J connectivity index is 1.68. The number of benzene rings is 1. The van der Waals surface area contributed by atoms with Crippen LogP contribution in [-0.4, -0.2) is 17.2 Å². The minimum Gasteiger partial charge on any atom is -0.447 e. The summed E-state index contributed by atoms with van der Waals surface area (Å²) in [6.45, 7) is 0. The number of hydrogen-bond acceptors (Lipinski definition) is 4. The monoisotopic (exact) mass is 288 g/mol. The molecule has 1 aliphatic carbocycles. The zero-order valence-corrected chi connectivity index (χ0v) is 11.9. The summed E-state index contributed by atoms with van der Waals surface area (Å²) in [6, 6.07) is 7.37. The fraction of sp³-hybridized carbons (Fsp3) is 0.375. The fourth-order valence-electron chi connectivity index (χ4n) is 2.57. The van der Waals surface area contributed by atoms with Gasteiger partial charge in [0.2, 0.25) is 0 Å². The Kier molecular flexibility index (Phi) is 3.92. The van der Waals surface area contributed by atoms with E-state index in [4.69, 9.17) is 4.74 Å². The molecule has 3 rings (SSSR count). The maximum absolute atomic E-state index is 12.2. The van der Waals surface area contributed by atoms with Gasteiger partial charge in [-0.15, -0.1) is 0 Å². The van der Waals surface area contributed by atoms with E-state index in [1.54, 1.807) is 6.07 Å². The molecule has 1 aromatic rings. The van der Waals surface area contributed by atoms with E-state index in [1.807, 2.05) is 24.3 Å². The van der Waals surface area contributed by atoms with Crippen molar-refractivity contribution in [2.24, 2.45) is 5.92 Å². The van der Waals surface area contributed by atoms with Gasteiger partial charge in [-0.05, 0) is 31.4 Å². The predicted octanol–water partition coefficient (Wildman–Crippen LogP) is 3.59. The van der Waals surface area contributed by atoms with Crippen LogP contribution in [0.3, 0.4) is 0 Å². The van der Waals surface area contributed by atoms with Crippen LogP contribution in [0.2, 0.25) is 0 Å². The lowest BCUT2D eigenvalue weighted by Crippen LogP contribution is -2.26. The molecule has 0 fully saturated rings. The highest BCUT2D eigenvalue weighted by molar-refractivity contribution is 8.00. The lowest BCUT2D eigenvalue weighted by molar-refractivity contribution is -0.122. The van der Waals surface area contributed by atoms with Gasteiger partial charge in [0.15, 0.2) is 5.44 Å². The highest BCUT2D eigenvalue weighted by Gasteiger charge is 2.30. The molecule has 104 valence electrons. The van der Waals surface area contributed by atoms with Gasteiger partial charge in [-0.2, -0.15) is 0 Å². The van der Waals surface area contributed by atoms with Crippen LogP contribution in [0.15, 0.2) is 41.3 Å². The molecule has 0 saturated heterocycles. The van der Waals surface area contributed by atoms with Gasteiger partial charge in [0.1, 0.15) is 5.78 Å². The predicted molar refractivity (Wildman–Crippen MR) is 77.6 cm³/mol. The first kappa shape index (κ1) is 13.4. The maximum atomic E-state index is 12.2. The Morgan fingerprint density at radius 3 is 3.00 bits per heavy atom. The second kappa shape index (κ2) is 5.83. The number of rotatable bonds is 3. The fourth-order valence-corrected chi connectivity index (χ4v) is 3.67. The number of Topliss-reactive ketones (excluding diaryl/α,β-unsaturated/α-hetero) is 1. The van der Waals surface area contributed by atoms with Crippen molar-refractivity contribution in [3.8, 4) is 0 Å². The molecule has 0 spiro atoms.